The van der Waals surface area contributed by atoms with Crippen LogP contribution in [0.5, 0.6) is 0 Å². The lowest BCUT2D eigenvalue weighted by Crippen LogP contribution is -2.01. The van der Waals surface area contributed by atoms with Crippen molar-refractivity contribution in [3.05, 3.63) is 57.6 Å². The number of aromatic amines is 1. The van der Waals surface area contributed by atoms with Gasteiger partial charge in [-0.3, -0.25) is 4.79 Å². The monoisotopic (exact) mass is 311 g/mol. The second-order valence-electron chi connectivity index (χ2n) is 3.59. The van der Waals surface area contributed by atoms with Crippen molar-refractivity contribution in [1.82, 2.24) is 4.98 Å². The quantitative estimate of drug-likeness (QED) is 0.856. The highest BCUT2D eigenvalue weighted by Gasteiger charge is 2.15. The summed E-state index contributed by atoms with van der Waals surface area (Å²) < 4.78 is 13.6. The van der Waals surface area contributed by atoms with E-state index in [4.69, 9.17) is 5.11 Å². The Bertz CT molecular complexity index is 616. The molecule has 1 aromatic carbocycles. The molecule has 2 N–H and O–H groups in total. The van der Waals surface area contributed by atoms with E-state index in [-0.39, 0.29) is 16.8 Å². The molecular formula is C12H7BrFNO3. The predicted molar refractivity (Wildman–Crippen MR) is 65.3 cm³/mol. The van der Waals surface area contributed by atoms with Crippen molar-refractivity contribution in [2.24, 2.45) is 0 Å². The lowest BCUT2D eigenvalue weighted by atomic mass is 10.1. The second-order valence-corrected chi connectivity index (χ2v) is 4.51. The van der Waals surface area contributed by atoms with Gasteiger partial charge in [-0.25, -0.2) is 9.18 Å². The summed E-state index contributed by atoms with van der Waals surface area (Å²) in [5.41, 5.74) is 0.233. The minimum Gasteiger partial charge on any atom is -0.477 e. The zero-order valence-corrected chi connectivity index (χ0v) is 10.5. The number of aromatic nitrogens is 1. The van der Waals surface area contributed by atoms with Gasteiger partial charge >= 0.3 is 5.97 Å². The molecule has 2 aromatic rings. The number of hydrogen-bond donors (Lipinski definition) is 2. The molecule has 4 nitrogen and oxygen atoms in total. The molecule has 0 radical (unpaired) electrons. The predicted octanol–water partition coefficient (Wildman–Crippen LogP) is 2.85. The minimum absolute atomic E-state index is 0.0891. The molecule has 0 spiro atoms. The Labute approximate surface area is 110 Å². The van der Waals surface area contributed by atoms with E-state index in [1.54, 1.807) is 0 Å². The summed E-state index contributed by atoms with van der Waals surface area (Å²) in [5, 5.41) is 8.73. The smallest absolute Gasteiger partial charge is 0.352 e. The number of ketones is 1. The number of H-pyrrole nitrogens is 1. The summed E-state index contributed by atoms with van der Waals surface area (Å²) in [6.07, 6.45) is 1.28. The summed E-state index contributed by atoms with van der Waals surface area (Å²) in [5.74, 6) is -2.14. The third-order valence-corrected chi connectivity index (χ3v) is 2.76. The lowest BCUT2D eigenvalue weighted by molar-refractivity contribution is 0.0691. The molecule has 0 saturated carbocycles. The van der Waals surface area contributed by atoms with E-state index in [2.05, 4.69) is 20.9 Å². The van der Waals surface area contributed by atoms with Crippen LogP contribution in [0.25, 0.3) is 0 Å². The topological polar surface area (TPSA) is 70.2 Å². The average molecular weight is 312 g/mol. The molecule has 0 saturated heterocycles. The molecule has 92 valence electrons. The van der Waals surface area contributed by atoms with E-state index in [0.717, 1.165) is 6.07 Å². The molecule has 0 unspecified atom stereocenters. The molecule has 0 aliphatic heterocycles. The first-order valence-corrected chi connectivity index (χ1v) is 5.69. The first-order valence-electron chi connectivity index (χ1n) is 4.90. The fraction of sp³-hybridized carbons (Fsp3) is 0. The molecule has 0 fully saturated rings. The standard InChI is InChI=1S/C12H7BrFNO3/c13-8-1-6(2-9(14)4-8)11(16)7-3-10(12(17)18)15-5-7/h1-5,15H,(H,17,18). The van der Waals surface area contributed by atoms with Gasteiger partial charge in [0.2, 0.25) is 0 Å². The number of carbonyl (C=O) groups is 2. The van der Waals surface area contributed by atoms with E-state index in [9.17, 15) is 14.0 Å². The van der Waals surface area contributed by atoms with Crippen LogP contribution in [0, 0.1) is 5.82 Å². The highest BCUT2D eigenvalue weighted by atomic mass is 79.9. The molecule has 0 atom stereocenters. The fourth-order valence-electron chi connectivity index (χ4n) is 1.50. The van der Waals surface area contributed by atoms with Gasteiger partial charge in [0, 0.05) is 21.8 Å². The van der Waals surface area contributed by atoms with Gasteiger partial charge in [0.05, 0.1) is 0 Å². The van der Waals surface area contributed by atoms with Crippen LogP contribution in [-0.2, 0) is 0 Å². The number of halogens is 2. The van der Waals surface area contributed by atoms with Gasteiger partial charge in [0.25, 0.3) is 0 Å². The van der Waals surface area contributed by atoms with Gasteiger partial charge in [-0.05, 0) is 24.3 Å². The normalized spacial score (nSPS) is 10.3. The summed E-state index contributed by atoms with van der Waals surface area (Å²) in [6, 6.07) is 5.01. The Morgan fingerprint density at radius 3 is 2.44 bits per heavy atom. The van der Waals surface area contributed by atoms with Crippen molar-refractivity contribution in [3.8, 4) is 0 Å². The number of carbonyl (C=O) groups excluding carboxylic acids is 1. The molecule has 0 aliphatic rings. The zero-order chi connectivity index (χ0) is 13.3. The lowest BCUT2D eigenvalue weighted by Gasteiger charge is -2.00. The maximum atomic E-state index is 13.2. The number of benzene rings is 1. The summed E-state index contributed by atoms with van der Waals surface area (Å²) in [7, 11) is 0. The van der Waals surface area contributed by atoms with Crippen LogP contribution in [0.1, 0.15) is 26.4 Å². The average Bonchev–Trinajstić information content (AvgIpc) is 2.75. The number of rotatable bonds is 3. The van der Waals surface area contributed by atoms with E-state index in [0.29, 0.717) is 4.47 Å². The van der Waals surface area contributed by atoms with E-state index in [1.807, 2.05) is 0 Å². The Hall–Kier alpha value is -1.95. The molecule has 0 aliphatic carbocycles. The second kappa shape index (κ2) is 4.73. The van der Waals surface area contributed by atoms with Crippen LogP contribution in [0.15, 0.2) is 34.9 Å². The van der Waals surface area contributed by atoms with Gasteiger partial charge in [-0.15, -0.1) is 0 Å². The van der Waals surface area contributed by atoms with Crippen LogP contribution in [0.4, 0.5) is 4.39 Å². The first kappa shape index (κ1) is 12.5. The Morgan fingerprint density at radius 1 is 1.17 bits per heavy atom. The third-order valence-electron chi connectivity index (χ3n) is 2.30. The number of nitrogens with one attached hydrogen (secondary N) is 1. The molecule has 0 bridgehead atoms. The Morgan fingerprint density at radius 2 is 1.89 bits per heavy atom. The van der Waals surface area contributed by atoms with Gasteiger partial charge in [0.1, 0.15) is 11.5 Å². The summed E-state index contributed by atoms with van der Waals surface area (Å²) in [6.45, 7) is 0. The van der Waals surface area contributed by atoms with Crippen molar-refractivity contribution >= 4 is 27.7 Å². The van der Waals surface area contributed by atoms with Crippen LogP contribution >= 0.6 is 15.9 Å². The van der Waals surface area contributed by atoms with Gasteiger partial charge in [-0.2, -0.15) is 0 Å². The van der Waals surface area contributed by atoms with Crippen LogP contribution in [-0.4, -0.2) is 21.8 Å². The van der Waals surface area contributed by atoms with E-state index < -0.39 is 17.6 Å². The van der Waals surface area contributed by atoms with Gasteiger partial charge in [-0.1, -0.05) is 15.9 Å². The largest absolute Gasteiger partial charge is 0.477 e. The molecule has 2 rings (SSSR count). The zero-order valence-electron chi connectivity index (χ0n) is 8.91. The number of carboxylic acids is 1. The Balaban J connectivity index is 2.38. The molecular weight excluding hydrogens is 305 g/mol. The van der Waals surface area contributed by atoms with Crippen LogP contribution in [0.2, 0.25) is 0 Å². The maximum absolute atomic E-state index is 13.2. The van der Waals surface area contributed by atoms with Crippen molar-refractivity contribution < 1.29 is 19.1 Å². The minimum atomic E-state index is -1.16. The molecule has 6 heteroatoms. The van der Waals surface area contributed by atoms with E-state index >= 15 is 0 Å². The van der Waals surface area contributed by atoms with Gasteiger partial charge in [0.15, 0.2) is 5.78 Å². The maximum Gasteiger partial charge on any atom is 0.352 e. The summed E-state index contributed by atoms with van der Waals surface area (Å²) >= 11 is 3.09. The Kier molecular flexibility index (Phi) is 3.29. The number of hydrogen-bond acceptors (Lipinski definition) is 2. The highest BCUT2D eigenvalue weighted by Crippen LogP contribution is 2.18. The molecule has 1 heterocycles. The summed E-state index contributed by atoms with van der Waals surface area (Å²) in [4.78, 5) is 25.1. The fourth-order valence-corrected chi connectivity index (χ4v) is 1.97. The molecule has 1 aromatic heterocycles. The van der Waals surface area contributed by atoms with Crippen molar-refractivity contribution in [2.75, 3.05) is 0 Å². The molecule has 0 amide bonds. The first-order chi connectivity index (χ1) is 8.47. The molecule has 18 heavy (non-hydrogen) atoms. The third kappa shape index (κ3) is 2.48. The highest BCUT2D eigenvalue weighted by molar-refractivity contribution is 9.10. The number of carboxylic acid groups (broad SMARTS) is 1. The SMILES string of the molecule is O=C(c1cc(F)cc(Br)c1)c1c[nH]c(C(=O)O)c1. The van der Waals surface area contributed by atoms with Crippen molar-refractivity contribution in [2.45, 2.75) is 0 Å². The van der Waals surface area contributed by atoms with Crippen LogP contribution in [0.3, 0.4) is 0 Å². The van der Waals surface area contributed by atoms with Crippen molar-refractivity contribution in [3.63, 3.8) is 0 Å². The number of aromatic carboxylic acids is 1. The van der Waals surface area contributed by atoms with Gasteiger partial charge < -0.3 is 10.1 Å². The van der Waals surface area contributed by atoms with Crippen molar-refractivity contribution in [1.29, 1.82) is 0 Å². The van der Waals surface area contributed by atoms with E-state index in [1.165, 1.54) is 24.4 Å². The van der Waals surface area contributed by atoms with Crippen LogP contribution < -0.4 is 0 Å².